The highest BCUT2D eigenvalue weighted by atomic mass is 15.3. The summed E-state index contributed by atoms with van der Waals surface area (Å²) in [6, 6.07) is 8.46. The van der Waals surface area contributed by atoms with Crippen molar-refractivity contribution in [3.05, 3.63) is 42.2 Å². The van der Waals surface area contributed by atoms with Gasteiger partial charge in [-0.3, -0.25) is 4.68 Å². The third kappa shape index (κ3) is 2.74. The fraction of sp³-hybridized carbons (Fsp3) is 0.357. The van der Waals surface area contributed by atoms with Crippen LogP contribution in [0.1, 0.15) is 18.9 Å². The van der Waals surface area contributed by atoms with E-state index in [1.807, 2.05) is 17.9 Å². The van der Waals surface area contributed by atoms with Gasteiger partial charge in [-0.15, -0.1) is 0 Å². The molecule has 1 N–H and O–H groups in total. The molecule has 0 radical (unpaired) electrons. The zero-order valence-electron chi connectivity index (χ0n) is 10.5. The maximum Gasteiger partial charge on any atom is 0.0568 e. The molecule has 1 heterocycles. The number of aryl methyl sites for hydroxylation is 1. The van der Waals surface area contributed by atoms with Gasteiger partial charge >= 0.3 is 0 Å². The fourth-order valence-corrected chi connectivity index (χ4v) is 2.00. The van der Waals surface area contributed by atoms with E-state index < -0.39 is 0 Å². The molecular formula is C14H19N3. The molecule has 0 saturated carbocycles. The number of hydrogen-bond donors (Lipinski definition) is 1. The average Bonchev–Trinajstić information content (AvgIpc) is 2.79. The van der Waals surface area contributed by atoms with Gasteiger partial charge in [0, 0.05) is 24.8 Å². The molecule has 0 fully saturated rings. The van der Waals surface area contributed by atoms with E-state index in [2.05, 4.69) is 47.8 Å². The summed E-state index contributed by atoms with van der Waals surface area (Å²) in [6.07, 6.45) is 5.18. The molecule has 90 valence electrons. The van der Waals surface area contributed by atoms with E-state index in [4.69, 9.17) is 0 Å². The summed E-state index contributed by atoms with van der Waals surface area (Å²) in [5.74, 6) is 0. The number of nitrogens with zero attached hydrogens (tertiary/aromatic N) is 2. The fourth-order valence-electron chi connectivity index (χ4n) is 2.00. The summed E-state index contributed by atoms with van der Waals surface area (Å²) in [5, 5.41) is 7.58. The van der Waals surface area contributed by atoms with E-state index in [0.717, 1.165) is 19.5 Å². The van der Waals surface area contributed by atoms with Crippen LogP contribution in [0.2, 0.25) is 0 Å². The minimum absolute atomic E-state index is 0.884. The molecule has 2 aromatic rings. The van der Waals surface area contributed by atoms with Crippen LogP contribution >= 0.6 is 0 Å². The molecule has 0 spiro atoms. The van der Waals surface area contributed by atoms with E-state index in [1.165, 1.54) is 16.7 Å². The van der Waals surface area contributed by atoms with Crippen LogP contribution in [-0.4, -0.2) is 16.8 Å². The first-order valence-corrected chi connectivity index (χ1v) is 6.10. The number of aromatic nitrogens is 2. The van der Waals surface area contributed by atoms with E-state index in [9.17, 15) is 0 Å². The van der Waals surface area contributed by atoms with Crippen molar-refractivity contribution in [3.8, 4) is 11.1 Å². The van der Waals surface area contributed by atoms with Gasteiger partial charge in [0.2, 0.25) is 0 Å². The molecule has 3 nitrogen and oxygen atoms in total. The van der Waals surface area contributed by atoms with Gasteiger partial charge in [0.25, 0.3) is 0 Å². The zero-order chi connectivity index (χ0) is 12.1. The summed E-state index contributed by atoms with van der Waals surface area (Å²) in [4.78, 5) is 0. The van der Waals surface area contributed by atoms with Gasteiger partial charge in [0.15, 0.2) is 0 Å². The van der Waals surface area contributed by atoms with Crippen molar-refractivity contribution in [1.82, 2.24) is 15.1 Å². The first kappa shape index (κ1) is 11.9. The van der Waals surface area contributed by atoms with E-state index in [-0.39, 0.29) is 0 Å². The lowest BCUT2D eigenvalue weighted by molar-refractivity contribution is 0.603. The first-order valence-electron chi connectivity index (χ1n) is 6.10. The lowest BCUT2D eigenvalue weighted by Crippen LogP contribution is -2.06. The van der Waals surface area contributed by atoms with Crippen LogP contribution in [0.5, 0.6) is 0 Å². The lowest BCUT2D eigenvalue weighted by atomic mass is 10.0. The minimum Gasteiger partial charge on any atom is -0.316 e. The van der Waals surface area contributed by atoms with E-state index in [0.29, 0.717) is 0 Å². The standard InChI is InChI=1S/C14H19N3/c1-3-8-17-11-13(10-16-17)14-7-5-4-6-12(14)9-15-2/h4-7,10-11,15H,3,8-9H2,1-2H3. The van der Waals surface area contributed by atoms with Gasteiger partial charge in [0.05, 0.1) is 6.20 Å². The quantitative estimate of drug-likeness (QED) is 0.854. The van der Waals surface area contributed by atoms with Gasteiger partial charge in [-0.1, -0.05) is 31.2 Å². The summed E-state index contributed by atoms with van der Waals surface area (Å²) in [6.45, 7) is 4.03. The number of hydrogen-bond acceptors (Lipinski definition) is 2. The van der Waals surface area contributed by atoms with Gasteiger partial charge in [-0.2, -0.15) is 5.10 Å². The van der Waals surface area contributed by atoms with Crippen LogP contribution in [0.15, 0.2) is 36.7 Å². The molecule has 0 bridgehead atoms. The third-order valence-electron chi connectivity index (χ3n) is 2.78. The normalized spacial score (nSPS) is 10.7. The van der Waals surface area contributed by atoms with Crippen molar-refractivity contribution in [2.45, 2.75) is 26.4 Å². The highest BCUT2D eigenvalue weighted by molar-refractivity contribution is 5.65. The molecule has 2 rings (SSSR count). The SMILES string of the molecule is CCCn1cc(-c2ccccc2CNC)cn1. The minimum atomic E-state index is 0.884. The topological polar surface area (TPSA) is 29.9 Å². The van der Waals surface area contributed by atoms with Gasteiger partial charge < -0.3 is 5.32 Å². The van der Waals surface area contributed by atoms with Crippen molar-refractivity contribution in [2.24, 2.45) is 0 Å². The van der Waals surface area contributed by atoms with Gasteiger partial charge in [-0.05, 0) is 24.6 Å². The first-order chi connectivity index (χ1) is 8.35. The van der Waals surface area contributed by atoms with E-state index in [1.54, 1.807) is 0 Å². The van der Waals surface area contributed by atoms with Crippen LogP contribution in [-0.2, 0) is 13.1 Å². The van der Waals surface area contributed by atoms with Crippen molar-refractivity contribution in [3.63, 3.8) is 0 Å². The van der Waals surface area contributed by atoms with Crippen molar-refractivity contribution < 1.29 is 0 Å². The number of nitrogens with one attached hydrogen (secondary N) is 1. The molecule has 0 atom stereocenters. The molecule has 0 aliphatic heterocycles. The number of benzene rings is 1. The summed E-state index contributed by atoms with van der Waals surface area (Å²) in [7, 11) is 1.97. The van der Waals surface area contributed by atoms with Crippen LogP contribution < -0.4 is 5.32 Å². The maximum absolute atomic E-state index is 4.38. The third-order valence-corrected chi connectivity index (χ3v) is 2.78. The molecule has 0 saturated heterocycles. The van der Waals surface area contributed by atoms with Gasteiger partial charge in [-0.25, -0.2) is 0 Å². The molecule has 0 unspecified atom stereocenters. The molecule has 0 aliphatic carbocycles. The molecule has 0 amide bonds. The second-order valence-electron chi connectivity index (χ2n) is 4.18. The van der Waals surface area contributed by atoms with E-state index >= 15 is 0 Å². The van der Waals surface area contributed by atoms with Crippen LogP contribution in [0, 0.1) is 0 Å². The molecule has 0 aliphatic rings. The van der Waals surface area contributed by atoms with Crippen molar-refractivity contribution in [2.75, 3.05) is 7.05 Å². The molecule has 17 heavy (non-hydrogen) atoms. The highest BCUT2D eigenvalue weighted by Gasteiger charge is 2.05. The van der Waals surface area contributed by atoms with Crippen LogP contribution in [0.3, 0.4) is 0 Å². The predicted molar refractivity (Wildman–Crippen MR) is 70.7 cm³/mol. The Hall–Kier alpha value is -1.61. The second kappa shape index (κ2) is 5.64. The average molecular weight is 229 g/mol. The monoisotopic (exact) mass is 229 g/mol. The highest BCUT2D eigenvalue weighted by Crippen LogP contribution is 2.23. The Morgan fingerprint density at radius 1 is 1.29 bits per heavy atom. The lowest BCUT2D eigenvalue weighted by Gasteiger charge is -2.06. The predicted octanol–water partition coefficient (Wildman–Crippen LogP) is 2.68. The Balaban J connectivity index is 2.31. The Kier molecular flexibility index (Phi) is 3.94. The van der Waals surface area contributed by atoms with Crippen LogP contribution in [0.4, 0.5) is 0 Å². The molecule has 3 heteroatoms. The maximum atomic E-state index is 4.38. The Morgan fingerprint density at radius 2 is 2.12 bits per heavy atom. The van der Waals surface area contributed by atoms with Gasteiger partial charge in [0.1, 0.15) is 0 Å². The Bertz CT molecular complexity index is 474. The smallest absolute Gasteiger partial charge is 0.0568 e. The number of rotatable bonds is 5. The second-order valence-corrected chi connectivity index (χ2v) is 4.18. The summed E-state index contributed by atoms with van der Waals surface area (Å²) < 4.78 is 2.01. The van der Waals surface area contributed by atoms with Crippen molar-refractivity contribution in [1.29, 1.82) is 0 Å². The molecular weight excluding hydrogens is 210 g/mol. The molecule has 1 aromatic heterocycles. The largest absolute Gasteiger partial charge is 0.316 e. The summed E-state index contributed by atoms with van der Waals surface area (Å²) in [5.41, 5.74) is 3.78. The molecule has 1 aromatic carbocycles. The van der Waals surface area contributed by atoms with Crippen molar-refractivity contribution >= 4 is 0 Å². The Labute approximate surface area is 102 Å². The summed E-state index contributed by atoms with van der Waals surface area (Å²) >= 11 is 0. The Morgan fingerprint density at radius 3 is 2.88 bits per heavy atom. The van der Waals surface area contributed by atoms with Crippen LogP contribution in [0.25, 0.3) is 11.1 Å². The zero-order valence-corrected chi connectivity index (χ0v) is 10.5.